The third kappa shape index (κ3) is 5.08. The van der Waals surface area contributed by atoms with Crippen molar-refractivity contribution in [1.29, 1.82) is 0 Å². The van der Waals surface area contributed by atoms with E-state index in [4.69, 9.17) is 14.7 Å². The third-order valence-electron chi connectivity index (χ3n) is 4.52. The maximum Gasteiger partial charge on any atom is 0.163 e. The fourth-order valence-corrected chi connectivity index (χ4v) is 3.26. The second-order valence-electron chi connectivity index (χ2n) is 7.00. The number of hydrogen-bond acceptors (Lipinski definition) is 5. The Morgan fingerprint density at radius 2 is 1.57 bits per heavy atom. The number of benzene rings is 2. The molecule has 0 unspecified atom stereocenters. The lowest BCUT2D eigenvalue weighted by Crippen LogP contribution is -2.08. The molecular weight excluding hydrogens is 348 g/mol. The molecule has 5 nitrogen and oxygen atoms in total. The van der Waals surface area contributed by atoms with Crippen LogP contribution in [0, 0.1) is 20.8 Å². The number of aromatic nitrogens is 2. The lowest BCUT2D eigenvalue weighted by atomic mass is 10.1. The Kier molecular flexibility index (Phi) is 6.61. The molecule has 0 radical (unpaired) electrons. The Labute approximate surface area is 167 Å². The number of methoxy groups -OCH3 is 1. The van der Waals surface area contributed by atoms with Crippen LogP contribution in [0.25, 0.3) is 11.4 Å². The van der Waals surface area contributed by atoms with Gasteiger partial charge in [-0.1, -0.05) is 48.0 Å². The van der Waals surface area contributed by atoms with Crippen LogP contribution in [0.3, 0.4) is 0 Å². The van der Waals surface area contributed by atoms with Crippen LogP contribution < -0.4 is 10.6 Å². The number of anilines is 3. The SMILES string of the molecule is COCCCNc1cc(Nc2c(C)cc(C)cc2C)nc(-c2ccccc2)n1. The van der Waals surface area contributed by atoms with Crippen LogP contribution >= 0.6 is 0 Å². The van der Waals surface area contributed by atoms with Gasteiger partial charge in [0.05, 0.1) is 0 Å². The Bertz CT molecular complexity index is 902. The van der Waals surface area contributed by atoms with Crippen molar-refractivity contribution in [2.24, 2.45) is 0 Å². The summed E-state index contributed by atoms with van der Waals surface area (Å²) in [6.45, 7) is 7.86. The summed E-state index contributed by atoms with van der Waals surface area (Å²) in [6.07, 6.45) is 0.917. The van der Waals surface area contributed by atoms with E-state index in [1.807, 2.05) is 36.4 Å². The molecule has 0 fully saturated rings. The van der Waals surface area contributed by atoms with Crippen molar-refractivity contribution < 1.29 is 4.74 Å². The maximum absolute atomic E-state index is 5.13. The first-order chi connectivity index (χ1) is 13.6. The molecule has 0 bridgehead atoms. The Morgan fingerprint density at radius 1 is 0.893 bits per heavy atom. The molecule has 2 aromatic carbocycles. The van der Waals surface area contributed by atoms with Crippen LogP contribution in [-0.4, -0.2) is 30.2 Å². The summed E-state index contributed by atoms with van der Waals surface area (Å²) < 4.78 is 5.13. The van der Waals surface area contributed by atoms with Crippen molar-refractivity contribution in [2.75, 3.05) is 30.9 Å². The van der Waals surface area contributed by atoms with Crippen LogP contribution in [0.2, 0.25) is 0 Å². The summed E-state index contributed by atoms with van der Waals surface area (Å²) in [6, 6.07) is 16.4. The van der Waals surface area contributed by atoms with Crippen molar-refractivity contribution in [2.45, 2.75) is 27.2 Å². The minimum Gasteiger partial charge on any atom is -0.385 e. The number of ether oxygens (including phenoxy) is 1. The Balaban J connectivity index is 1.93. The minimum atomic E-state index is 0.697. The molecule has 0 atom stereocenters. The summed E-state index contributed by atoms with van der Waals surface area (Å²) in [5.74, 6) is 2.27. The van der Waals surface area contributed by atoms with E-state index in [-0.39, 0.29) is 0 Å². The molecule has 28 heavy (non-hydrogen) atoms. The van der Waals surface area contributed by atoms with Gasteiger partial charge in [0.1, 0.15) is 11.6 Å². The van der Waals surface area contributed by atoms with Crippen molar-refractivity contribution in [3.05, 3.63) is 65.2 Å². The maximum atomic E-state index is 5.13. The highest BCUT2D eigenvalue weighted by Gasteiger charge is 2.10. The van der Waals surface area contributed by atoms with Gasteiger partial charge >= 0.3 is 0 Å². The monoisotopic (exact) mass is 376 g/mol. The van der Waals surface area contributed by atoms with Crippen molar-refractivity contribution in [3.63, 3.8) is 0 Å². The van der Waals surface area contributed by atoms with E-state index >= 15 is 0 Å². The van der Waals surface area contributed by atoms with Gasteiger partial charge in [-0.15, -0.1) is 0 Å². The molecule has 1 heterocycles. The molecule has 146 valence electrons. The third-order valence-corrected chi connectivity index (χ3v) is 4.52. The van der Waals surface area contributed by atoms with Gasteiger partial charge in [-0.05, 0) is 38.3 Å². The smallest absolute Gasteiger partial charge is 0.163 e. The van der Waals surface area contributed by atoms with Crippen molar-refractivity contribution in [3.8, 4) is 11.4 Å². The molecule has 0 aliphatic heterocycles. The van der Waals surface area contributed by atoms with E-state index in [1.165, 1.54) is 16.7 Å². The fraction of sp³-hybridized carbons (Fsp3) is 0.304. The fourth-order valence-electron chi connectivity index (χ4n) is 3.26. The molecule has 0 saturated carbocycles. The summed E-state index contributed by atoms with van der Waals surface area (Å²) in [5.41, 5.74) is 5.74. The van der Waals surface area contributed by atoms with E-state index in [1.54, 1.807) is 7.11 Å². The summed E-state index contributed by atoms with van der Waals surface area (Å²) in [7, 11) is 1.71. The topological polar surface area (TPSA) is 59.1 Å². The van der Waals surface area contributed by atoms with Crippen LogP contribution in [0.15, 0.2) is 48.5 Å². The van der Waals surface area contributed by atoms with Crippen LogP contribution in [0.4, 0.5) is 17.3 Å². The normalized spacial score (nSPS) is 10.7. The first-order valence-electron chi connectivity index (χ1n) is 9.59. The number of hydrogen-bond donors (Lipinski definition) is 2. The largest absolute Gasteiger partial charge is 0.385 e. The quantitative estimate of drug-likeness (QED) is 0.525. The summed E-state index contributed by atoms with van der Waals surface area (Å²) in [5, 5.41) is 6.89. The van der Waals surface area contributed by atoms with E-state index < -0.39 is 0 Å². The molecule has 0 spiro atoms. The van der Waals surface area contributed by atoms with E-state index in [9.17, 15) is 0 Å². The zero-order chi connectivity index (χ0) is 19.9. The Morgan fingerprint density at radius 3 is 2.25 bits per heavy atom. The lowest BCUT2D eigenvalue weighted by molar-refractivity contribution is 0.198. The van der Waals surface area contributed by atoms with E-state index in [0.717, 1.165) is 42.5 Å². The zero-order valence-electron chi connectivity index (χ0n) is 17.0. The molecule has 0 aliphatic rings. The second-order valence-corrected chi connectivity index (χ2v) is 7.00. The van der Waals surface area contributed by atoms with Crippen LogP contribution in [-0.2, 0) is 4.74 Å². The van der Waals surface area contributed by atoms with Crippen molar-refractivity contribution in [1.82, 2.24) is 9.97 Å². The standard InChI is InChI=1S/C23H28N4O/c1-16-13-17(2)22(18(3)14-16)25-21-15-20(24-11-8-12-28-4)26-23(27-21)19-9-6-5-7-10-19/h5-7,9-10,13-15H,8,11-12H2,1-4H3,(H2,24,25,26,27). The van der Waals surface area contributed by atoms with Crippen LogP contribution in [0.5, 0.6) is 0 Å². The van der Waals surface area contributed by atoms with Gasteiger partial charge in [-0.25, -0.2) is 9.97 Å². The molecular formula is C23H28N4O. The van der Waals surface area contributed by atoms with Gasteiger partial charge in [0, 0.05) is 37.6 Å². The lowest BCUT2D eigenvalue weighted by Gasteiger charge is -2.15. The zero-order valence-corrected chi connectivity index (χ0v) is 17.0. The molecule has 0 saturated heterocycles. The first kappa shape index (κ1) is 19.8. The molecule has 1 aromatic heterocycles. The number of aryl methyl sites for hydroxylation is 3. The molecule has 2 N–H and O–H groups in total. The minimum absolute atomic E-state index is 0.697. The molecule has 0 amide bonds. The predicted octanol–water partition coefficient (Wildman–Crippen LogP) is 5.26. The van der Waals surface area contributed by atoms with Gasteiger partial charge in [-0.3, -0.25) is 0 Å². The van der Waals surface area contributed by atoms with Gasteiger partial charge in [0.25, 0.3) is 0 Å². The average molecular weight is 377 g/mol. The first-order valence-corrected chi connectivity index (χ1v) is 9.59. The van der Waals surface area contributed by atoms with E-state index in [2.05, 4.69) is 43.5 Å². The summed E-state index contributed by atoms with van der Waals surface area (Å²) in [4.78, 5) is 9.46. The van der Waals surface area contributed by atoms with Gasteiger partial charge in [-0.2, -0.15) is 0 Å². The molecule has 3 aromatic rings. The molecule has 5 heteroatoms. The van der Waals surface area contributed by atoms with Gasteiger partial charge in [0.15, 0.2) is 5.82 Å². The summed E-state index contributed by atoms with van der Waals surface area (Å²) >= 11 is 0. The second kappa shape index (κ2) is 9.33. The number of nitrogens with zero attached hydrogens (tertiary/aromatic N) is 2. The highest BCUT2D eigenvalue weighted by atomic mass is 16.5. The molecule has 0 aliphatic carbocycles. The highest BCUT2D eigenvalue weighted by Crippen LogP contribution is 2.27. The Hall–Kier alpha value is -2.92. The van der Waals surface area contributed by atoms with Gasteiger partial charge < -0.3 is 15.4 Å². The van der Waals surface area contributed by atoms with Gasteiger partial charge in [0.2, 0.25) is 0 Å². The average Bonchev–Trinajstić information content (AvgIpc) is 2.69. The number of nitrogens with one attached hydrogen (secondary N) is 2. The van der Waals surface area contributed by atoms with E-state index in [0.29, 0.717) is 5.82 Å². The predicted molar refractivity (Wildman–Crippen MR) is 116 cm³/mol. The van der Waals surface area contributed by atoms with Crippen LogP contribution in [0.1, 0.15) is 23.1 Å². The highest BCUT2D eigenvalue weighted by molar-refractivity contribution is 5.69. The van der Waals surface area contributed by atoms with Crippen molar-refractivity contribution >= 4 is 17.3 Å². The number of rotatable bonds is 8. The molecule has 3 rings (SSSR count).